The first-order valence-corrected chi connectivity index (χ1v) is 7.68. The van der Waals surface area contributed by atoms with Crippen molar-refractivity contribution in [2.24, 2.45) is 22.7 Å². The van der Waals surface area contributed by atoms with E-state index in [4.69, 9.17) is 9.47 Å². The van der Waals surface area contributed by atoms with Crippen molar-refractivity contribution in [2.45, 2.75) is 50.2 Å². The molecule has 3 nitrogen and oxygen atoms in total. The van der Waals surface area contributed by atoms with E-state index in [1.165, 1.54) is 44.6 Å². The number of carbonyl (C=O) groups excluding carboxylic acids is 1. The van der Waals surface area contributed by atoms with E-state index in [9.17, 15) is 4.79 Å². The van der Waals surface area contributed by atoms with Gasteiger partial charge in [0.05, 0.1) is 0 Å². The molecule has 0 bridgehead atoms. The van der Waals surface area contributed by atoms with E-state index in [2.05, 4.69) is 6.58 Å². The Balaban J connectivity index is 1.62. The second-order valence-electron chi connectivity index (χ2n) is 7.32. The molecule has 19 heavy (non-hydrogen) atoms. The average molecular weight is 260 g/mol. The maximum Gasteiger partial charge on any atom is 0.330 e. The lowest BCUT2D eigenvalue weighted by atomic mass is 9.31. The van der Waals surface area contributed by atoms with Crippen LogP contribution in [0.15, 0.2) is 12.7 Å². The van der Waals surface area contributed by atoms with Crippen LogP contribution in [0.4, 0.5) is 0 Å². The Labute approximate surface area is 113 Å². The minimum Gasteiger partial charge on any atom is -0.452 e. The number of hydrogen-bond donors (Lipinski definition) is 0. The summed E-state index contributed by atoms with van der Waals surface area (Å²) < 4.78 is 12.0. The molecule has 1 aliphatic heterocycles. The highest BCUT2D eigenvalue weighted by Crippen LogP contribution is 2.89. The fourth-order valence-electron chi connectivity index (χ4n) is 7.18. The second kappa shape index (κ2) is 2.93. The third-order valence-electron chi connectivity index (χ3n) is 7.26. The van der Waals surface area contributed by atoms with E-state index in [0.29, 0.717) is 22.7 Å². The van der Waals surface area contributed by atoms with Crippen LogP contribution in [0.1, 0.15) is 38.5 Å². The fourth-order valence-corrected chi connectivity index (χ4v) is 7.18. The van der Waals surface area contributed by atoms with Gasteiger partial charge in [-0.05, 0) is 37.5 Å². The van der Waals surface area contributed by atoms with Gasteiger partial charge in [0.25, 0.3) is 0 Å². The molecule has 5 aliphatic rings. The van der Waals surface area contributed by atoms with Crippen LogP contribution in [-0.2, 0) is 14.3 Å². The first kappa shape index (κ1) is 10.9. The minimum absolute atomic E-state index is 0.188. The van der Waals surface area contributed by atoms with Crippen LogP contribution in [0.5, 0.6) is 0 Å². The Morgan fingerprint density at radius 2 is 2.11 bits per heavy atom. The topological polar surface area (TPSA) is 35.5 Å². The van der Waals surface area contributed by atoms with Gasteiger partial charge in [0.1, 0.15) is 11.7 Å². The SMILES string of the molecule is C=CC(=O)OC12C3CCCC34CCC3(CCOC31)C42. The molecule has 1 heterocycles. The van der Waals surface area contributed by atoms with E-state index < -0.39 is 0 Å². The number of esters is 1. The molecule has 5 rings (SSSR count). The molecule has 6 unspecified atom stereocenters. The van der Waals surface area contributed by atoms with Crippen LogP contribution in [-0.4, -0.2) is 24.3 Å². The van der Waals surface area contributed by atoms with Crippen molar-refractivity contribution in [2.75, 3.05) is 6.61 Å². The monoisotopic (exact) mass is 260 g/mol. The maximum absolute atomic E-state index is 11.8. The van der Waals surface area contributed by atoms with Gasteiger partial charge in [0.15, 0.2) is 0 Å². The van der Waals surface area contributed by atoms with E-state index in [1.54, 1.807) is 0 Å². The molecule has 4 saturated carbocycles. The summed E-state index contributed by atoms with van der Waals surface area (Å²) in [6.07, 6.45) is 9.20. The highest BCUT2D eigenvalue weighted by Gasteiger charge is 2.93. The summed E-state index contributed by atoms with van der Waals surface area (Å²) in [5.41, 5.74) is 0.600. The van der Waals surface area contributed by atoms with Crippen molar-refractivity contribution >= 4 is 5.97 Å². The lowest BCUT2D eigenvalue weighted by Crippen LogP contribution is -2.85. The Morgan fingerprint density at radius 3 is 2.95 bits per heavy atom. The van der Waals surface area contributed by atoms with Gasteiger partial charge in [-0.1, -0.05) is 13.0 Å². The molecule has 2 spiro atoms. The Bertz CT molecular complexity index is 468. The van der Waals surface area contributed by atoms with Crippen LogP contribution >= 0.6 is 0 Å². The van der Waals surface area contributed by atoms with Gasteiger partial charge < -0.3 is 9.47 Å². The fraction of sp³-hybridized carbons (Fsp3) is 0.812. The summed E-state index contributed by atoms with van der Waals surface area (Å²) in [7, 11) is 0. The number of hydrogen-bond acceptors (Lipinski definition) is 3. The van der Waals surface area contributed by atoms with Gasteiger partial charge in [-0.3, -0.25) is 0 Å². The Morgan fingerprint density at radius 1 is 1.26 bits per heavy atom. The van der Waals surface area contributed by atoms with E-state index in [-0.39, 0.29) is 17.7 Å². The van der Waals surface area contributed by atoms with Crippen molar-refractivity contribution < 1.29 is 14.3 Å². The predicted octanol–water partition coefficient (Wildman–Crippen LogP) is 2.45. The molecule has 102 valence electrons. The molecule has 0 aromatic rings. The van der Waals surface area contributed by atoms with Gasteiger partial charge in [-0.15, -0.1) is 0 Å². The molecule has 6 atom stereocenters. The zero-order chi connectivity index (χ0) is 12.9. The molecule has 3 heteroatoms. The number of rotatable bonds is 2. The highest BCUT2D eigenvalue weighted by molar-refractivity contribution is 5.82. The molecule has 1 saturated heterocycles. The second-order valence-corrected chi connectivity index (χ2v) is 7.32. The van der Waals surface area contributed by atoms with Gasteiger partial charge >= 0.3 is 5.97 Å². The largest absolute Gasteiger partial charge is 0.452 e. The van der Waals surface area contributed by atoms with Crippen molar-refractivity contribution in [3.8, 4) is 0 Å². The van der Waals surface area contributed by atoms with Crippen LogP contribution in [0.3, 0.4) is 0 Å². The molecular weight excluding hydrogens is 240 g/mol. The van der Waals surface area contributed by atoms with Gasteiger partial charge in [-0.25, -0.2) is 4.79 Å². The Kier molecular flexibility index (Phi) is 1.68. The van der Waals surface area contributed by atoms with Crippen molar-refractivity contribution in [3.05, 3.63) is 12.7 Å². The molecule has 0 N–H and O–H groups in total. The molecule has 5 fully saturated rings. The predicted molar refractivity (Wildman–Crippen MR) is 68.3 cm³/mol. The van der Waals surface area contributed by atoms with Crippen molar-refractivity contribution in [3.63, 3.8) is 0 Å². The Hall–Kier alpha value is -0.830. The molecule has 0 aromatic heterocycles. The molecule has 0 amide bonds. The van der Waals surface area contributed by atoms with Crippen molar-refractivity contribution in [1.29, 1.82) is 0 Å². The summed E-state index contributed by atoms with van der Waals surface area (Å²) in [5, 5.41) is 0. The van der Waals surface area contributed by atoms with E-state index >= 15 is 0 Å². The first-order valence-electron chi connectivity index (χ1n) is 7.68. The molecule has 4 aliphatic carbocycles. The summed E-state index contributed by atoms with van der Waals surface area (Å²) in [6.45, 7) is 4.42. The number of fused-ring (bicyclic) bond motifs is 2. The zero-order valence-corrected chi connectivity index (χ0v) is 11.2. The summed E-state index contributed by atoms with van der Waals surface area (Å²) in [6, 6.07) is 0. The van der Waals surface area contributed by atoms with E-state index in [0.717, 1.165) is 6.61 Å². The van der Waals surface area contributed by atoms with Crippen LogP contribution in [0, 0.1) is 22.7 Å². The third-order valence-corrected chi connectivity index (χ3v) is 7.26. The lowest BCUT2D eigenvalue weighted by molar-refractivity contribution is -0.377. The van der Waals surface area contributed by atoms with Crippen LogP contribution < -0.4 is 0 Å². The molecule has 0 aromatic carbocycles. The summed E-state index contributed by atoms with van der Waals surface area (Å²) in [4.78, 5) is 11.8. The van der Waals surface area contributed by atoms with Crippen molar-refractivity contribution in [1.82, 2.24) is 0 Å². The zero-order valence-electron chi connectivity index (χ0n) is 11.2. The molecule has 0 radical (unpaired) electrons. The quantitative estimate of drug-likeness (QED) is 0.565. The summed E-state index contributed by atoms with van der Waals surface area (Å²) >= 11 is 0. The number of carbonyl (C=O) groups is 1. The maximum atomic E-state index is 11.8. The standard InChI is InChI=1S/C16H20O3/c1-2-11(17)19-16-10-4-3-5-14(10)6-7-15(12(14)16)8-9-18-13(15)16/h2,10,12-13H,1,3-9H2. The summed E-state index contributed by atoms with van der Waals surface area (Å²) in [5.74, 6) is 0.903. The minimum atomic E-state index is -0.269. The number of ether oxygens (including phenoxy) is 2. The normalized spacial score (nSPS) is 59.5. The first-order chi connectivity index (χ1) is 9.21. The van der Waals surface area contributed by atoms with Crippen LogP contribution in [0.25, 0.3) is 0 Å². The van der Waals surface area contributed by atoms with Crippen LogP contribution in [0.2, 0.25) is 0 Å². The molecular formula is C16H20O3. The average Bonchev–Trinajstić information content (AvgIpc) is 3.02. The van der Waals surface area contributed by atoms with Gasteiger partial charge in [0.2, 0.25) is 0 Å². The van der Waals surface area contributed by atoms with Gasteiger partial charge in [0, 0.05) is 29.9 Å². The van der Waals surface area contributed by atoms with Gasteiger partial charge in [-0.2, -0.15) is 0 Å². The highest BCUT2D eigenvalue weighted by atomic mass is 16.6. The smallest absolute Gasteiger partial charge is 0.330 e. The lowest BCUT2D eigenvalue weighted by Gasteiger charge is -2.76. The third kappa shape index (κ3) is 0.826. The van der Waals surface area contributed by atoms with E-state index in [1.807, 2.05) is 0 Å².